The van der Waals surface area contributed by atoms with Crippen molar-refractivity contribution in [1.82, 2.24) is 19.8 Å². The van der Waals surface area contributed by atoms with Crippen molar-refractivity contribution >= 4 is 17.9 Å². The quantitative estimate of drug-likeness (QED) is 0.574. The molecule has 0 spiro atoms. The van der Waals surface area contributed by atoms with Crippen LogP contribution in [-0.2, 0) is 4.79 Å². The molecule has 1 fully saturated rings. The maximum atomic E-state index is 13.4. The van der Waals surface area contributed by atoms with E-state index in [0.29, 0.717) is 24.0 Å². The van der Waals surface area contributed by atoms with Crippen LogP contribution in [0.2, 0.25) is 0 Å². The standard InChI is InChI=1S/C25H26FN5O2/c1-5-27-25-29-21(24(32)31(25)17(3)19-7-9-20(26)10-8-19)12-18-6-11-22(23(13-18)33-4)30-14-16(2)28-15-30/h6-15,17H,5H2,1-4H3,(H,27,29)/b21-12-. The van der Waals surface area contributed by atoms with Crippen molar-refractivity contribution < 1.29 is 13.9 Å². The van der Waals surface area contributed by atoms with E-state index in [1.54, 1.807) is 36.5 Å². The zero-order chi connectivity index (χ0) is 23.5. The number of nitrogens with one attached hydrogen (secondary N) is 1. The monoisotopic (exact) mass is 447 g/mol. The van der Waals surface area contributed by atoms with Crippen LogP contribution in [0.4, 0.5) is 4.39 Å². The Balaban J connectivity index is 1.66. The summed E-state index contributed by atoms with van der Waals surface area (Å²) in [6.45, 7) is 6.24. The molecule has 3 aromatic rings. The number of aliphatic imine (C=N–C) groups is 1. The number of aromatic nitrogens is 2. The molecule has 0 radical (unpaired) electrons. The van der Waals surface area contributed by atoms with Gasteiger partial charge in [0.1, 0.15) is 17.3 Å². The maximum Gasteiger partial charge on any atom is 0.277 e. The maximum absolute atomic E-state index is 13.4. The Kier molecular flexibility index (Phi) is 6.26. The third-order valence-corrected chi connectivity index (χ3v) is 5.48. The summed E-state index contributed by atoms with van der Waals surface area (Å²) in [4.78, 5) is 23.6. The number of carbonyl (C=O) groups is 1. The van der Waals surface area contributed by atoms with Crippen molar-refractivity contribution in [3.63, 3.8) is 0 Å². The van der Waals surface area contributed by atoms with Gasteiger partial charge in [-0.1, -0.05) is 18.2 Å². The summed E-state index contributed by atoms with van der Waals surface area (Å²) in [7, 11) is 1.61. The Labute approximate surface area is 192 Å². The molecule has 1 amide bonds. The molecule has 0 aliphatic carbocycles. The third kappa shape index (κ3) is 4.50. The molecule has 2 aromatic carbocycles. The van der Waals surface area contributed by atoms with Crippen LogP contribution >= 0.6 is 0 Å². The van der Waals surface area contributed by atoms with Crippen molar-refractivity contribution in [3.8, 4) is 11.4 Å². The first-order chi connectivity index (χ1) is 15.9. The van der Waals surface area contributed by atoms with Crippen molar-refractivity contribution in [2.75, 3.05) is 13.7 Å². The topological polar surface area (TPSA) is 71.7 Å². The number of benzene rings is 2. The number of nitrogens with zero attached hydrogens (tertiary/aromatic N) is 4. The van der Waals surface area contributed by atoms with E-state index in [1.807, 2.05) is 49.7 Å². The van der Waals surface area contributed by atoms with Gasteiger partial charge in [0.2, 0.25) is 5.96 Å². The number of methoxy groups -OCH3 is 1. The lowest BCUT2D eigenvalue weighted by atomic mass is 10.1. The molecule has 33 heavy (non-hydrogen) atoms. The van der Waals surface area contributed by atoms with Gasteiger partial charge in [-0.15, -0.1) is 0 Å². The Morgan fingerprint density at radius 2 is 2.00 bits per heavy atom. The molecule has 1 aliphatic rings. The molecule has 170 valence electrons. The Morgan fingerprint density at radius 3 is 2.64 bits per heavy atom. The molecule has 1 atom stereocenters. The molecule has 1 unspecified atom stereocenters. The number of aryl methyl sites for hydroxylation is 1. The second kappa shape index (κ2) is 9.28. The van der Waals surface area contributed by atoms with Gasteiger partial charge in [-0.25, -0.2) is 9.37 Å². The van der Waals surface area contributed by atoms with Crippen LogP contribution in [-0.4, -0.2) is 40.0 Å². The van der Waals surface area contributed by atoms with Crippen molar-refractivity contribution in [2.24, 2.45) is 4.99 Å². The molecule has 7 nitrogen and oxygen atoms in total. The zero-order valence-electron chi connectivity index (χ0n) is 19.0. The normalized spacial score (nSPS) is 17.0. The average molecular weight is 448 g/mol. The number of rotatable bonds is 6. The SMILES string of the molecule is CCN=C1N/C(=C\c2ccc(-n3cnc(C)c3)c(OC)c2)C(=O)N1C(C)c1ccc(F)cc1. The average Bonchev–Trinajstić information content (AvgIpc) is 3.37. The lowest BCUT2D eigenvalue weighted by Crippen LogP contribution is -2.35. The number of imidazole rings is 1. The van der Waals surface area contributed by atoms with Crippen LogP contribution < -0.4 is 10.1 Å². The Bertz CT molecular complexity index is 1230. The summed E-state index contributed by atoms with van der Waals surface area (Å²) in [5.74, 6) is 0.615. The molecule has 8 heteroatoms. The fourth-order valence-corrected chi connectivity index (χ4v) is 3.79. The van der Waals surface area contributed by atoms with Gasteiger partial charge in [-0.05, 0) is 62.2 Å². The van der Waals surface area contributed by atoms with E-state index in [-0.39, 0.29) is 17.8 Å². The molecular weight excluding hydrogens is 421 g/mol. The summed E-state index contributed by atoms with van der Waals surface area (Å²) in [5.41, 5.74) is 3.78. The van der Waals surface area contributed by atoms with Gasteiger partial charge in [0.05, 0.1) is 30.9 Å². The lowest BCUT2D eigenvalue weighted by molar-refractivity contribution is -0.123. The minimum Gasteiger partial charge on any atom is -0.495 e. The van der Waals surface area contributed by atoms with Crippen LogP contribution in [0.25, 0.3) is 11.8 Å². The lowest BCUT2D eigenvalue weighted by Gasteiger charge is -2.23. The van der Waals surface area contributed by atoms with Crippen LogP contribution in [0.3, 0.4) is 0 Å². The van der Waals surface area contributed by atoms with E-state index in [9.17, 15) is 9.18 Å². The second-order valence-corrected chi connectivity index (χ2v) is 7.74. The Morgan fingerprint density at radius 1 is 1.24 bits per heavy atom. The predicted molar refractivity (Wildman–Crippen MR) is 126 cm³/mol. The van der Waals surface area contributed by atoms with Gasteiger partial charge in [0.15, 0.2) is 0 Å². The number of guanidine groups is 1. The van der Waals surface area contributed by atoms with Crippen molar-refractivity contribution in [1.29, 1.82) is 0 Å². The highest BCUT2D eigenvalue weighted by Gasteiger charge is 2.35. The molecule has 1 aromatic heterocycles. The summed E-state index contributed by atoms with van der Waals surface area (Å²) in [5, 5.41) is 3.15. The molecule has 0 saturated carbocycles. The minimum absolute atomic E-state index is 0.202. The van der Waals surface area contributed by atoms with E-state index < -0.39 is 0 Å². The molecule has 1 saturated heterocycles. The van der Waals surface area contributed by atoms with Crippen LogP contribution in [0.5, 0.6) is 5.75 Å². The summed E-state index contributed by atoms with van der Waals surface area (Å²) < 4.78 is 20.8. The van der Waals surface area contributed by atoms with Crippen molar-refractivity contribution in [2.45, 2.75) is 26.8 Å². The van der Waals surface area contributed by atoms with Gasteiger partial charge in [-0.2, -0.15) is 0 Å². The first-order valence-electron chi connectivity index (χ1n) is 10.7. The van der Waals surface area contributed by atoms with Gasteiger partial charge in [-0.3, -0.25) is 14.7 Å². The fourth-order valence-electron chi connectivity index (χ4n) is 3.79. The number of ether oxygens (including phenoxy) is 1. The van der Waals surface area contributed by atoms with E-state index in [0.717, 1.165) is 22.5 Å². The highest BCUT2D eigenvalue weighted by molar-refractivity contribution is 6.15. The van der Waals surface area contributed by atoms with E-state index in [2.05, 4.69) is 15.3 Å². The zero-order valence-corrected chi connectivity index (χ0v) is 19.0. The highest BCUT2D eigenvalue weighted by atomic mass is 19.1. The van der Waals surface area contributed by atoms with Gasteiger partial charge < -0.3 is 14.6 Å². The third-order valence-electron chi connectivity index (χ3n) is 5.48. The molecule has 2 heterocycles. The number of halogens is 1. The van der Waals surface area contributed by atoms with Crippen molar-refractivity contribution in [3.05, 3.63) is 83.3 Å². The minimum atomic E-state index is -0.317. The van der Waals surface area contributed by atoms with Crippen LogP contribution in [0.15, 0.2) is 65.7 Å². The Hall–Kier alpha value is -3.94. The molecular formula is C25H26FN5O2. The summed E-state index contributed by atoms with van der Waals surface area (Å²) >= 11 is 0. The molecule has 1 N–H and O–H groups in total. The number of carbonyl (C=O) groups excluding carboxylic acids is 1. The summed E-state index contributed by atoms with van der Waals surface area (Å²) in [6.07, 6.45) is 5.42. The fraction of sp³-hybridized carbons (Fsp3) is 0.240. The largest absolute Gasteiger partial charge is 0.495 e. The second-order valence-electron chi connectivity index (χ2n) is 7.74. The van der Waals surface area contributed by atoms with Gasteiger partial charge in [0, 0.05) is 12.7 Å². The predicted octanol–water partition coefficient (Wildman–Crippen LogP) is 4.24. The van der Waals surface area contributed by atoms with E-state index in [4.69, 9.17) is 4.74 Å². The van der Waals surface area contributed by atoms with Gasteiger partial charge >= 0.3 is 0 Å². The van der Waals surface area contributed by atoms with Gasteiger partial charge in [0.25, 0.3) is 5.91 Å². The number of hydrogen-bond donors (Lipinski definition) is 1. The van der Waals surface area contributed by atoms with Crippen LogP contribution in [0.1, 0.15) is 36.7 Å². The first kappa shape index (κ1) is 22.3. The number of hydrogen-bond acceptors (Lipinski definition) is 4. The molecule has 4 rings (SSSR count). The first-order valence-corrected chi connectivity index (χ1v) is 10.7. The molecule has 0 bridgehead atoms. The van der Waals surface area contributed by atoms with Crippen LogP contribution in [0, 0.1) is 12.7 Å². The highest BCUT2D eigenvalue weighted by Crippen LogP contribution is 2.29. The van der Waals surface area contributed by atoms with E-state index in [1.165, 1.54) is 12.1 Å². The smallest absolute Gasteiger partial charge is 0.277 e. The summed E-state index contributed by atoms with van der Waals surface area (Å²) in [6, 6.07) is 11.5. The molecule has 1 aliphatic heterocycles. The van der Waals surface area contributed by atoms with E-state index >= 15 is 0 Å². The number of amides is 1.